The summed E-state index contributed by atoms with van der Waals surface area (Å²) in [4.78, 5) is 9.10. The molecule has 1 aliphatic carbocycles. The van der Waals surface area contributed by atoms with E-state index in [1.54, 1.807) is 16.9 Å². The van der Waals surface area contributed by atoms with E-state index in [2.05, 4.69) is 15.1 Å². The Morgan fingerprint density at radius 2 is 2.04 bits per heavy atom. The third-order valence-electron chi connectivity index (χ3n) is 4.49. The number of benzene rings is 1. The van der Waals surface area contributed by atoms with Gasteiger partial charge >= 0.3 is 0 Å². The summed E-state index contributed by atoms with van der Waals surface area (Å²) in [6.07, 6.45) is 3.76. The molecule has 0 amide bonds. The second-order valence-corrected chi connectivity index (χ2v) is 8.09. The summed E-state index contributed by atoms with van der Waals surface area (Å²) in [6, 6.07) is 8.22. The van der Waals surface area contributed by atoms with Gasteiger partial charge in [0.1, 0.15) is 5.75 Å². The summed E-state index contributed by atoms with van der Waals surface area (Å²) in [7, 11) is -2.35. The van der Waals surface area contributed by atoms with E-state index in [1.165, 1.54) is 19.2 Å². The van der Waals surface area contributed by atoms with Crippen LogP contribution in [0.3, 0.4) is 0 Å². The maximum absolute atomic E-state index is 11.8. The second kappa shape index (κ2) is 6.43. The van der Waals surface area contributed by atoms with Gasteiger partial charge in [-0.15, -0.1) is 5.10 Å². The number of sulfonamides is 1. The molecule has 1 aliphatic rings. The van der Waals surface area contributed by atoms with E-state index in [9.17, 15) is 8.42 Å². The van der Waals surface area contributed by atoms with E-state index in [-0.39, 0.29) is 4.90 Å². The number of rotatable bonds is 5. The van der Waals surface area contributed by atoms with Crippen LogP contribution in [0.4, 0.5) is 0 Å². The quantitative estimate of drug-likeness (QED) is 0.720. The van der Waals surface area contributed by atoms with Gasteiger partial charge in [-0.25, -0.2) is 23.5 Å². The van der Waals surface area contributed by atoms with Crippen LogP contribution in [0.15, 0.2) is 41.4 Å². The SMILES string of the molecule is COc1ccc(S(N)(=O)=O)cc1-c1nc(C2CC2)nn1-c1ncccc1C. The highest BCUT2D eigenvalue weighted by Gasteiger charge is 2.31. The van der Waals surface area contributed by atoms with Gasteiger partial charge in [0.25, 0.3) is 0 Å². The molecule has 2 aromatic heterocycles. The van der Waals surface area contributed by atoms with Crippen molar-refractivity contribution < 1.29 is 13.2 Å². The van der Waals surface area contributed by atoms with Crippen molar-refractivity contribution in [3.8, 4) is 23.0 Å². The lowest BCUT2D eigenvalue weighted by atomic mass is 10.2. The van der Waals surface area contributed by atoms with Gasteiger partial charge in [0, 0.05) is 12.1 Å². The van der Waals surface area contributed by atoms with Crippen LogP contribution < -0.4 is 9.88 Å². The first-order valence-electron chi connectivity index (χ1n) is 8.48. The van der Waals surface area contributed by atoms with Crippen LogP contribution >= 0.6 is 0 Å². The summed E-state index contributed by atoms with van der Waals surface area (Å²) in [5, 5.41) is 9.96. The summed E-state index contributed by atoms with van der Waals surface area (Å²) >= 11 is 0. The van der Waals surface area contributed by atoms with Crippen molar-refractivity contribution in [2.75, 3.05) is 7.11 Å². The van der Waals surface area contributed by atoms with Gasteiger partial charge in [0.05, 0.1) is 17.6 Å². The van der Waals surface area contributed by atoms with Crippen LogP contribution in [-0.4, -0.2) is 35.3 Å². The van der Waals surface area contributed by atoms with Crippen molar-refractivity contribution >= 4 is 10.0 Å². The first-order chi connectivity index (χ1) is 12.9. The van der Waals surface area contributed by atoms with Crippen molar-refractivity contribution in [2.45, 2.75) is 30.6 Å². The molecule has 27 heavy (non-hydrogen) atoms. The van der Waals surface area contributed by atoms with Crippen LogP contribution in [0.25, 0.3) is 17.2 Å². The van der Waals surface area contributed by atoms with Crippen LogP contribution in [0.1, 0.15) is 30.1 Å². The predicted molar refractivity (Wildman–Crippen MR) is 99.2 cm³/mol. The molecule has 9 heteroatoms. The fourth-order valence-electron chi connectivity index (χ4n) is 2.90. The normalized spacial score (nSPS) is 14.3. The van der Waals surface area contributed by atoms with Crippen LogP contribution in [0.5, 0.6) is 5.75 Å². The minimum Gasteiger partial charge on any atom is -0.496 e. The minimum atomic E-state index is -3.87. The Labute approximate surface area is 157 Å². The third kappa shape index (κ3) is 3.31. The predicted octanol–water partition coefficient (Wildman–Crippen LogP) is 2.17. The topological polar surface area (TPSA) is 113 Å². The van der Waals surface area contributed by atoms with Gasteiger partial charge in [-0.2, -0.15) is 4.68 Å². The Bertz CT molecular complexity index is 1120. The molecule has 0 bridgehead atoms. The average Bonchev–Trinajstić information content (AvgIpc) is 3.40. The fraction of sp³-hybridized carbons (Fsp3) is 0.278. The Hall–Kier alpha value is -2.78. The Morgan fingerprint density at radius 3 is 2.67 bits per heavy atom. The van der Waals surface area contributed by atoms with Crippen LogP contribution in [-0.2, 0) is 10.0 Å². The Morgan fingerprint density at radius 1 is 1.26 bits per heavy atom. The van der Waals surface area contributed by atoms with E-state index < -0.39 is 10.0 Å². The highest BCUT2D eigenvalue weighted by Crippen LogP contribution is 2.40. The van der Waals surface area contributed by atoms with Crippen molar-refractivity contribution in [3.63, 3.8) is 0 Å². The number of nitrogens with two attached hydrogens (primary N) is 1. The van der Waals surface area contributed by atoms with Crippen molar-refractivity contribution in [3.05, 3.63) is 47.9 Å². The summed E-state index contributed by atoms with van der Waals surface area (Å²) < 4.78 is 30.7. The molecule has 1 fully saturated rings. The maximum atomic E-state index is 11.8. The lowest BCUT2D eigenvalue weighted by Crippen LogP contribution is -2.12. The number of methoxy groups -OCH3 is 1. The molecule has 1 saturated carbocycles. The van der Waals surface area contributed by atoms with Gasteiger partial charge in [-0.3, -0.25) is 0 Å². The fourth-order valence-corrected chi connectivity index (χ4v) is 3.44. The molecule has 8 nitrogen and oxygen atoms in total. The van der Waals surface area contributed by atoms with Gasteiger partial charge in [-0.1, -0.05) is 6.07 Å². The highest BCUT2D eigenvalue weighted by atomic mass is 32.2. The number of aromatic nitrogens is 4. The lowest BCUT2D eigenvalue weighted by Gasteiger charge is -2.11. The summed E-state index contributed by atoms with van der Waals surface area (Å²) in [6.45, 7) is 1.93. The molecule has 0 saturated heterocycles. The van der Waals surface area contributed by atoms with Crippen LogP contribution in [0, 0.1) is 6.92 Å². The molecule has 1 aromatic carbocycles. The number of nitrogens with zero attached hydrogens (tertiary/aromatic N) is 4. The smallest absolute Gasteiger partial charge is 0.238 e. The molecule has 0 radical (unpaired) electrons. The average molecular weight is 385 g/mol. The number of hydrogen-bond donors (Lipinski definition) is 1. The maximum Gasteiger partial charge on any atom is 0.238 e. The molecule has 0 aliphatic heterocycles. The third-order valence-corrected chi connectivity index (χ3v) is 5.40. The van der Waals surface area contributed by atoms with E-state index in [0.717, 1.165) is 24.2 Å². The number of pyridine rings is 1. The minimum absolute atomic E-state index is 0.0152. The van der Waals surface area contributed by atoms with Gasteiger partial charge in [0.2, 0.25) is 10.0 Å². The molecule has 0 atom stereocenters. The monoisotopic (exact) mass is 385 g/mol. The molecular weight excluding hydrogens is 366 g/mol. The first kappa shape index (κ1) is 17.6. The van der Waals surface area contributed by atoms with Crippen molar-refractivity contribution in [2.24, 2.45) is 5.14 Å². The highest BCUT2D eigenvalue weighted by molar-refractivity contribution is 7.89. The lowest BCUT2D eigenvalue weighted by molar-refractivity contribution is 0.415. The standard InChI is InChI=1S/C18H19N5O3S/c1-11-4-3-9-20-17(11)23-18(21-16(22-23)12-5-6-12)14-10-13(27(19,24)25)7-8-15(14)26-2/h3-4,7-10,12H,5-6H2,1-2H3,(H2,19,24,25). The zero-order chi connectivity index (χ0) is 19.2. The molecule has 140 valence electrons. The number of hydrogen-bond acceptors (Lipinski definition) is 6. The zero-order valence-corrected chi connectivity index (χ0v) is 15.8. The molecular formula is C18H19N5O3S. The molecule has 0 unspecified atom stereocenters. The van der Waals surface area contributed by atoms with Crippen LogP contribution in [0.2, 0.25) is 0 Å². The van der Waals surface area contributed by atoms with E-state index in [0.29, 0.717) is 28.9 Å². The number of primary sulfonamides is 1. The number of aryl methyl sites for hydroxylation is 1. The zero-order valence-electron chi connectivity index (χ0n) is 15.0. The van der Waals surface area contributed by atoms with Gasteiger partial charge in [-0.05, 0) is 49.6 Å². The Balaban J connectivity index is 1.98. The summed E-state index contributed by atoms with van der Waals surface area (Å²) in [5.74, 6) is 2.63. The van der Waals surface area contributed by atoms with Crippen molar-refractivity contribution in [1.82, 2.24) is 19.7 Å². The molecule has 4 rings (SSSR count). The van der Waals surface area contributed by atoms with E-state index >= 15 is 0 Å². The largest absolute Gasteiger partial charge is 0.496 e. The molecule has 3 aromatic rings. The van der Waals surface area contributed by atoms with Gasteiger partial charge < -0.3 is 4.74 Å². The first-order valence-corrected chi connectivity index (χ1v) is 10.0. The van der Waals surface area contributed by atoms with E-state index in [4.69, 9.17) is 9.88 Å². The molecule has 2 heterocycles. The molecule has 2 N–H and O–H groups in total. The Kier molecular flexibility index (Phi) is 4.20. The van der Waals surface area contributed by atoms with E-state index in [1.807, 2.05) is 19.1 Å². The second-order valence-electron chi connectivity index (χ2n) is 6.53. The molecule has 0 spiro atoms. The van der Waals surface area contributed by atoms with Crippen molar-refractivity contribution in [1.29, 1.82) is 0 Å². The van der Waals surface area contributed by atoms with Gasteiger partial charge in [0.15, 0.2) is 17.5 Å². The number of ether oxygens (including phenoxy) is 1. The summed E-state index contributed by atoms with van der Waals surface area (Å²) in [5.41, 5.74) is 1.42.